The van der Waals surface area contributed by atoms with Crippen molar-refractivity contribution in [3.63, 3.8) is 0 Å². The second-order valence-electron chi connectivity index (χ2n) is 3.18. The van der Waals surface area contributed by atoms with Gasteiger partial charge in [-0.3, -0.25) is 0 Å². The van der Waals surface area contributed by atoms with Gasteiger partial charge in [-0.2, -0.15) is 0 Å². The van der Waals surface area contributed by atoms with E-state index < -0.39 is 5.82 Å². The number of rotatable bonds is 1. The van der Waals surface area contributed by atoms with Gasteiger partial charge >= 0.3 is 0 Å². The molecular weight excluding hydrogens is 195 g/mol. The Bertz CT molecular complexity index is 495. The van der Waals surface area contributed by atoms with Gasteiger partial charge in [-0.1, -0.05) is 18.2 Å². The minimum Gasteiger partial charge on any atom is -0.508 e. The lowest BCUT2D eigenvalue weighted by atomic mass is 10.0. The Kier molecular flexibility index (Phi) is 2.29. The summed E-state index contributed by atoms with van der Waals surface area (Å²) in [5.41, 5.74) is 0.555. The first-order valence-electron chi connectivity index (χ1n) is 4.45. The highest BCUT2D eigenvalue weighted by atomic mass is 19.1. The summed E-state index contributed by atoms with van der Waals surface area (Å²) < 4.78 is 13.4. The van der Waals surface area contributed by atoms with Gasteiger partial charge in [0.1, 0.15) is 17.3 Å². The molecule has 2 aromatic carbocycles. The molecule has 0 heterocycles. The highest BCUT2D eigenvalue weighted by molar-refractivity contribution is 5.71. The predicted molar refractivity (Wildman–Crippen MR) is 55.2 cm³/mol. The van der Waals surface area contributed by atoms with Gasteiger partial charge in [0.2, 0.25) is 0 Å². The van der Waals surface area contributed by atoms with E-state index in [2.05, 4.69) is 0 Å². The van der Waals surface area contributed by atoms with E-state index in [1.165, 1.54) is 24.3 Å². The standard InChI is InChI=1S/C12H9FO2/c13-11-4-2-1-3-9(11)10-7-8(14)5-6-12(10)15/h1-7,14-15H. The van der Waals surface area contributed by atoms with Gasteiger partial charge in [-0.25, -0.2) is 4.39 Å². The summed E-state index contributed by atoms with van der Waals surface area (Å²) in [6.07, 6.45) is 0. The zero-order valence-electron chi connectivity index (χ0n) is 7.81. The van der Waals surface area contributed by atoms with Gasteiger partial charge in [0.25, 0.3) is 0 Å². The number of benzene rings is 2. The van der Waals surface area contributed by atoms with Crippen molar-refractivity contribution >= 4 is 0 Å². The van der Waals surface area contributed by atoms with Gasteiger partial charge in [-0.15, -0.1) is 0 Å². The predicted octanol–water partition coefficient (Wildman–Crippen LogP) is 2.90. The molecule has 0 aliphatic heterocycles. The van der Waals surface area contributed by atoms with Crippen molar-refractivity contribution in [1.29, 1.82) is 0 Å². The summed E-state index contributed by atoms with van der Waals surface area (Å²) in [6.45, 7) is 0. The molecule has 0 saturated carbocycles. The highest BCUT2D eigenvalue weighted by Crippen LogP contribution is 2.33. The van der Waals surface area contributed by atoms with Gasteiger partial charge in [0.15, 0.2) is 0 Å². The number of hydrogen-bond donors (Lipinski definition) is 2. The maximum absolute atomic E-state index is 13.4. The fourth-order valence-corrected chi connectivity index (χ4v) is 1.42. The second kappa shape index (κ2) is 3.61. The molecule has 76 valence electrons. The first-order chi connectivity index (χ1) is 7.18. The molecule has 0 unspecified atom stereocenters. The Morgan fingerprint density at radius 2 is 1.60 bits per heavy atom. The molecule has 2 nitrogen and oxygen atoms in total. The van der Waals surface area contributed by atoms with E-state index in [0.29, 0.717) is 0 Å². The van der Waals surface area contributed by atoms with Gasteiger partial charge in [-0.05, 0) is 24.3 Å². The van der Waals surface area contributed by atoms with Crippen LogP contribution in [0.25, 0.3) is 11.1 Å². The minimum absolute atomic E-state index is 0.00828. The van der Waals surface area contributed by atoms with Crippen LogP contribution in [0, 0.1) is 5.82 Å². The van der Waals surface area contributed by atoms with E-state index in [0.717, 1.165) is 0 Å². The monoisotopic (exact) mass is 204 g/mol. The van der Waals surface area contributed by atoms with Crippen molar-refractivity contribution in [3.05, 3.63) is 48.3 Å². The van der Waals surface area contributed by atoms with Gasteiger partial charge < -0.3 is 10.2 Å². The first-order valence-corrected chi connectivity index (χ1v) is 4.45. The van der Waals surface area contributed by atoms with Crippen LogP contribution < -0.4 is 0 Å². The van der Waals surface area contributed by atoms with Crippen molar-refractivity contribution in [2.45, 2.75) is 0 Å². The quantitative estimate of drug-likeness (QED) is 0.701. The molecule has 0 saturated heterocycles. The van der Waals surface area contributed by atoms with Crippen LogP contribution in [0.15, 0.2) is 42.5 Å². The van der Waals surface area contributed by atoms with Crippen molar-refractivity contribution in [1.82, 2.24) is 0 Å². The summed E-state index contributed by atoms with van der Waals surface area (Å²) in [5.74, 6) is -0.498. The lowest BCUT2D eigenvalue weighted by Crippen LogP contribution is -1.84. The SMILES string of the molecule is Oc1ccc(O)c(-c2ccccc2F)c1. The molecule has 2 aromatic rings. The van der Waals surface area contributed by atoms with E-state index >= 15 is 0 Å². The molecule has 2 N–H and O–H groups in total. The topological polar surface area (TPSA) is 40.5 Å². The van der Waals surface area contributed by atoms with E-state index in [1.54, 1.807) is 18.2 Å². The average Bonchev–Trinajstić information content (AvgIpc) is 2.23. The van der Waals surface area contributed by atoms with Crippen LogP contribution in [-0.4, -0.2) is 10.2 Å². The molecule has 0 aromatic heterocycles. The lowest BCUT2D eigenvalue weighted by Gasteiger charge is -2.06. The van der Waals surface area contributed by atoms with Gasteiger partial charge in [0, 0.05) is 11.1 Å². The molecule has 3 heteroatoms. The first kappa shape index (κ1) is 9.52. The lowest BCUT2D eigenvalue weighted by molar-refractivity contribution is 0.461. The summed E-state index contributed by atoms with van der Waals surface area (Å²) in [5, 5.41) is 18.8. The van der Waals surface area contributed by atoms with E-state index in [1.807, 2.05) is 0 Å². The van der Waals surface area contributed by atoms with Crippen LogP contribution in [0.1, 0.15) is 0 Å². The fraction of sp³-hybridized carbons (Fsp3) is 0. The maximum Gasteiger partial charge on any atom is 0.131 e. The van der Waals surface area contributed by atoms with Crippen molar-refractivity contribution < 1.29 is 14.6 Å². The number of hydrogen-bond acceptors (Lipinski definition) is 2. The number of aromatic hydroxyl groups is 2. The average molecular weight is 204 g/mol. The third kappa shape index (κ3) is 1.76. The Morgan fingerprint density at radius 3 is 2.33 bits per heavy atom. The normalized spacial score (nSPS) is 10.2. The van der Waals surface area contributed by atoms with Crippen LogP contribution >= 0.6 is 0 Å². The summed E-state index contributed by atoms with van der Waals surface area (Å²) in [7, 11) is 0. The Morgan fingerprint density at radius 1 is 0.867 bits per heavy atom. The molecule has 0 aliphatic carbocycles. The molecular formula is C12H9FO2. The van der Waals surface area contributed by atoms with E-state index in [4.69, 9.17) is 0 Å². The summed E-state index contributed by atoms with van der Waals surface area (Å²) in [4.78, 5) is 0. The van der Waals surface area contributed by atoms with Crippen LogP contribution in [0.3, 0.4) is 0 Å². The van der Waals surface area contributed by atoms with Gasteiger partial charge in [0.05, 0.1) is 0 Å². The minimum atomic E-state index is -0.432. The van der Waals surface area contributed by atoms with E-state index in [9.17, 15) is 14.6 Å². The molecule has 0 bridgehead atoms. The molecule has 0 fully saturated rings. The number of phenolic OH excluding ortho intramolecular Hbond substituents is 2. The zero-order valence-corrected chi connectivity index (χ0v) is 7.81. The summed E-state index contributed by atoms with van der Waals surface area (Å²) in [6, 6.07) is 10.1. The molecule has 0 spiro atoms. The van der Waals surface area contributed by atoms with Crippen molar-refractivity contribution in [2.75, 3.05) is 0 Å². The zero-order chi connectivity index (χ0) is 10.8. The van der Waals surface area contributed by atoms with Crippen LogP contribution in [0.4, 0.5) is 4.39 Å². The highest BCUT2D eigenvalue weighted by Gasteiger charge is 2.09. The molecule has 0 radical (unpaired) electrons. The van der Waals surface area contributed by atoms with E-state index in [-0.39, 0.29) is 22.6 Å². The Labute approximate surface area is 86.2 Å². The summed E-state index contributed by atoms with van der Waals surface area (Å²) >= 11 is 0. The van der Waals surface area contributed by atoms with Crippen molar-refractivity contribution in [2.24, 2.45) is 0 Å². The van der Waals surface area contributed by atoms with Crippen LogP contribution in [0.2, 0.25) is 0 Å². The maximum atomic E-state index is 13.4. The van der Waals surface area contributed by atoms with Crippen molar-refractivity contribution in [3.8, 4) is 22.6 Å². The third-order valence-corrected chi connectivity index (χ3v) is 2.14. The largest absolute Gasteiger partial charge is 0.508 e. The number of phenols is 2. The molecule has 0 atom stereocenters. The molecule has 0 amide bonds. The van der Waals surface area contributed by atoms with Crippen LogP contribution in [-0.2, 0) is 0 Å². The second-order valence-corrected chi connectivity index (χ2v) is 3.18. The Hall–Kier alpha value is -2.03. The Balaban J connectivity index is 2.64. The molecule has 0 aliphatic rings. The fourth-order valence-electron chi connectivity index (χ4n) is 1.42. The number of halogens is 1. The smallest absolute Gasteiger partial charge is 0.131 e. The third-order valence-electron chi connectivity index (χ3n) is 2.14. The molecule has 2 rings (SSSR count). The molecule has 15 heavy (non-hydrogen) atoms. The van der Waals surface area contributed by atoms with Crippen LogP contribution in [0.5, 0.6) is 11.5 Å².